The maximum atomic E-state index is 13.1. The highest BCUT2D eigenvalue weighted by molar-refractivity contribution is 6.15. The lowest BCUT2D eigenvalue weighted by Gasteiger charge is -2.34. The molecule has 2 heterocycles. The van der Waals surface area contributed by atoms with Gasteiger partial charge in [-0.1, -0.05) is 0 Å². The molecule has 2 aromatic carbocycles. The lowest BCUT2D eigenvalue weighted by molar-refractivity contribution is 0.0774. The molecule has 180 valence electrons. The van der Waals surface area contributed by atoms with E-state index in [-0.39, 0.29) is 23.4 Å². The summed E-state index contributed by atoms with van der Waals surface area (Å²) in [4.78, 5) is 28.8. The van der Waals surface area contributed by atoms with E-state index in [0.717, 1.165) is 0 Å². The number of carbonyl (C=O) groups is 2. The summed E-state index contributed by atoms with van der Waals surface area (Å²) < 4.78 is 21.7. The lowest BCUT2D eigenvalue weighted by Crippen LogP contribution is -2.48. The molecule has 2 aromatic rings. The molecule has 0 spiro atoms. The highest BCUT2D eigenvalue weighted by Crippen LogP contribution is 2.41. The zero-order chi connectivity index (χ0) is 24.2. The average Bonchev–Trinajstić information content (AvgIpc) is 3.16. The van der Waals surface area contributed by atoms with E-state index in [2.05, 4.69) is 4.90 Å². The second-order valence-electron chi connectivity index (χ2n) is 7.95. The average molecular weight is 469 g/mol. The number of methoxy groups -OCH3 is 2. The van der Waals surface area contributed by atoms with Gasteiger partial charge in [-0.2, -0.15) is 0 Å². The van der Waals surface area contributed by atoms with Gasteiger partial charge in [0.2, 0.25) is 5.78 Å². The van der Waals surface area contributed by atoms with Gasteiger partial charge < -0.3 is 29.0 Å². The van der Waals surface area contributed by atoms with E-state index in [0.29, 0.717) is 73.3 Å². The zero-order valence-electron chi connectivity index (χ0n) is 19.5. The number of piperazine rings is 1. The molecule has 9 heteroatoms. The number of phenolic OH excluding ortho intramolecular Hbond substituents is 1. The predicted molar refractivity (Wildman–Crippen MR) is 124 cm³/mol. The molecule has 1 amide bonds. The summed E-state index contributed by atoms with van der Waals surface area (Å²) in [5.74, 6) is 1.47. The summed E-state index contributed by atoms with van der Waals surface area (Å²) in [7, 11) is 3.11. The van der Waals surface area contributed by atoms with Crippen LogP contribution in [0.5, 0.6) is 23.0 Å². The molecule has 0 unspecified atom stereocenters. The fourth-order valence-corrected chi connectivity index (χ4v) is 4.07. The number of benzene rings is 2. The monoisotopic (exact) mass is 468 g/mol. The van der Waals surface area contributed by atoms with Crippen molar-refractivity contribution in [1.82, 2.24) is 9.80 Å². The van der Waals surface area contributed by atoms with E-state index in [1.54, 1.807) is 56.4 Å². The van der Waals surface area contributed by atoms with Gasteiger partial charge in [0.05, 0.1) is 32.0 Å². The second kappa shape index (κ2) is 10.0. The quantitative estimate of drug-likeness (QED) is 0.645. The molecular weight excluding hydrogens is 440 g/mol. The molecule has 0 bridgehead atoms. The molecule has 2 aliphatic rings. The van der Waals surface area contributed by atoms with Crippen molar-refractivity contribution < 1.29 is 33.6 Å². The molecule has 2 aliphatic heterocycles. The Balaban J connectivity index is 1.55. The van der Waals surface area contributed by atoms with Crippen molar-refractivity contribution in [2.45, 2.75) is 13.5 Å². The number of nitrogens with zero attached hydrogens (tertiary/aromatic N) is 2. The summed E-state index contributed by atoms with van der Waals surface area (Å²) >= 11 is 0. The fourth-order valence-electron chi connectivity index (χ4n) is 4.07. The summed E-state index contributed by atoms with van der Waals surface area (Å²) in [6.07, 6.45) is 1.30. The van der Waals surface area contributed by atoms with Gasteiger partial charge in [0, 0.05) is 38.3 Å². The molecule has 1 saturated heterocycles. The third kappa shape index (κ3) is 4.65. The Kier molecular flexibility index (Phi) is 6.93. The van der Waals surface area contributed by atoms with E-state index in [9.17, 15) is 14.7 Å². The topological polar surface area (TPSA) is 97.8 Å². The van der Waals surface area contributed by atoms with E-state index in [1.165, 1.54) is 6.07 Å². The maximum absolute atomic E-state index is 13.1. The van der Waals surface area contributed by atoms with Crippen LogP contribution in [0.15, 0.2) is 36.1 Å². The highest BCUT2D eigenvalue weighted by atomic mass is 16.6. The Morgan fingerprint density at radius 2 is 1.88 bits per heavy atom. The molecule has 1 N–H and O–H groups in total. The van der Waals surface area contributed by atoms with Crippen LogP contribution >= 0.6 is 0 Å². The Hall–Kier alpha value is -3.72. The minimum atomic E-state index is -0.317. The largest absolute Gasteiger partial charge is 0.507 e. The van der Waals surface area contributed by atoms with Crippen LogP contribution in [0.1, 0.15) is 28.4 Å². The Bertz CT molecular complexity index is 1120. The van der Waals surface area contributed by atoms with Crippen LogP contribution < -0.4 is 14.2 Å². The van der Waals surface area contributed by atoms with Crippen LogP contribution in [0.25, 0.3) is 6.08 Å². The zero-order valence-corrected chi connectivity index (χ0v) is 19.5. The number of fused-ring (bicyclic) bond motifs is 1. The van der Waals surface area contributed by atoms with Gasteiger partial charge in [0.1, 0.15) is 23.0 Å². The van der Waals surface area contributed by atoms with E-state index in [4.69, 9.17) is 18.9 Å². The van der Waals surface area contributed by atoms with Crippen molar-refractivity contribution in [3.8, 4) is 23.0 Å². The standard InChI is InChI=1S/C25H28N2O7/c1-4-33-25(30)27-11-9-26(10-12-27)15-19-20(28)7-6-18-23(29)22(34-24(18)19)14-16-13-17(31-2)5-8-21(16)32-3/h5-8,13-14,28H,4,9-12,15H2,1-3H3/b22-14+. The fraction of sp³-hybridized carbons (Fsp3) is 0.360. The maximum Gasteiger partial charge on any atom is 0.409 e. The van der Waals surface area contributed by atoms with Gasteiger partial charge in [0.25, 0.3) is 0 Å². The molecule has 34 heavy (non-hydrogen) atoms. The number of Topliss-reactive ketones (excluding diaryl/α,β-unsaturated/α-hetero) is 1. The Morgan fingerprint density at radius 3 is 2.56 bits per heavy atom. The van der Waals surface area contributed by atoms with Crippen molar-refractivity contribution in [1.29, 1.82) is 0 Å². The first kappa shape index (κ1) is 23.4. The molecule has 4 rings (SSSR count). The summed E-state index contributed by atoms with van der Waals surface area (Å²) in [5, 5.41) is 10.6. The Morgan fingerprint density at radius 1 is 1.12 bits per heavy atom. The van der Waals surface area contributed by atoms with Crippen molar-refractivity contribution in [3.63, 3.8) is 0 Å². The smallest absolute Gasteiger partial charge is 0.409 e. The van der Waals surface area contributed by atoms with Gasteiger partial charge in [-0.3, -0.25) is 9.69 Å². The lowest BCUT2D eigenvalue weighted by atomic mass is 10.0. The number of carbonyl (C=O) groups excluding carboxylic acids is 2. The SMILES string of the molecule is CCOC(=O)N1CCN(Cc2c(O)ccc3c2O/C(=C/c2cc(OC)ccc2OC)C3=O)CC1. The number of allylic oxidation sites excluding steroid dienone is 1. The number of aromatic hydroxyl groups is 1. The van der Waals surface area contributed by atoms with Crippen LogP contribution in [0.2, 0.25) is 0 Å². The molecule has 1 fully saturated rings. The minimum absolute atomic E-state index is 0.0552. The number of ether oxygens (including phenoxy) is 4. The van der Waals surface area contributed by atoms with Crippen LogP contribution in [0.3, 0.4) is 0 Å². The van der Waals surface area contributed by atoms with Crippen molar-refractivity contribution in [2.24, 2.45) is 0 Å². The predicted octanol–water partition coefficient (Wildman–Crippen LogP) is 3.30. The molecule has 0 saturated carbocycles. The van der Waals surface area contributed by atoms with Crippen molar-refractivity contribution in [2.75, 3.05) is 47.0 Å². The van der Waals surface area contributed by atoms with Crippen LogP contribution in [-0.4, -0.2) is 73.8 Å². The Labute approximate surface area is 198 Å². The molecule has 9 nitrogen and oxygen atoms in total. The molecule has 0 aromatic heterocycles. The molecule has 0 atom stereocenters. The van der Waals surface area contributed by atoms with Gasteiger partial charge in [0.15, 0.2) is 5.76 Å². The minimum Gasteiger partial charge on any atom is -0.507 e. The number of hydrogen-bond acceptors (Lipinski definition) is 8. The number of amides is 1. The summed E-state index contributed by atoms with van der Waals surface area (Å²) in [6, 6.07) is 8.36. The van der Waals surface area contributed by atoms with Crippen molar-refractivity contribution >= 4 is 18.0 Å². The van der Waals surface area contributed by atoms with E-state index in [1.807, 2.05) is 0 Å². The normalized spacial score (nSPS) is 16.9. The first-order valence-corrected chi connectivity index (χ1v) is 11.1. The van der Waals surface area contributed by atoms with Gasteiger partial charge in [-0.15, -0.1) is 0 Å². The number of ketones is 1. The van der Waals surface area contributed by atoms with E-state index < -0.39 is 0 Å². The van der Waals surface area contributed by atoms with Crippen LogP contribution in [-0.2, 0) is 11.3 Å². The second-order valence-corrected chi connectivity index (χ2v) is 7.95. The van der Waals surface area contributed by atoms with Crippen molar-refractivity contribution in [3.05, 3.63) is 52.8 Å². The highest BCUT2D eigenvalue weighted by Gasteiger charge is 2.32. The molecule has 0 radical (unpaired) electrons. The van der Waals surface area contributed by atoms with Gasteiger partial charge >= 0.3 is 6.09 Å². The first-order chi connectivity index (χ1) is 16.4. The van der Waals surface area contributed by atoms with Gasteiger partial charge in [-0.25, -0.2) is 4.79 Å². The number of hydrogen-bond donors (Lipinski definition) is 1. The number of phenols is 1. The third-order valence-electron chi connectivity index (χ3n) is 5.92. The van der Waals surface area contributed by atoms with Crippen LogP contribution in [0, 0.1) is 0 Å². The molecular formula is C25H28N2O7. The first-order valence-electron chi connectivity index (χ1n) is 11.1. The van der Waals surface area contributed by atoms with E-state index >= 15 is 0 Å². The van der Waals surface area contributed by atoms with Gasteiger partial charge in [-0.05, 0) is 43.3 Å². The number of rotatable bonds is 6. The third-order valence-corrected chi connectivity index (χ3v) is 5.92. The summed E-state index contributed by atoms with van der Waals surface area (Å²) in [5.41, 5.74) is 1.57. The summed E-state index contributed by atoms with van der Waals surface area (Å²) in [6.45, 7) is 4.77. The molecule has 0 aliphatic carbocycles. The van der Waals surface area contributed by atoms with Crippen LogP contribution in [0.4, 0.5) is 4.79 Å².